The zero-order valence-corrected chi connectivity index (χ0v) is 9.10. The topological polar surface area (TPSA) is 42.0 Å². The van der Waals surface area contributed by atoms with Crippen LogP contribution in [0.1, 0.15) is 17.3 Å². The van der Waals surface area contributed by atoms with Gasteiger partial charge in [-0.3, -0.25) is 4.79 Å². The average Bonchev–Trinajstić information content (AvgIpc) is 2.62. The molecule has 1 aromatic heterocycles. The minimum atomic E-state index is -0.127. The zero-order chi connectivity index (χ0) is 10.8. The Hall–Kier alpha value is -1.68. The minimum absolute atomic E-state index is 0.127. The highest BCUT2D eigenvalue weighted by molar-refractivity contribution is 7.16. The normalized spacial score (nSPS) is 10.2. The van der Waals surface area contributed by atoms with E-state index in [4.69, 9.17) is 0 Å². The fourth-order valence-corrected chi connectivity index (χ4v) is 1.98. The van der Waals surface area contributed by atoms with Crippen molar-refractivity contribution in [2.24, 2.45) is 0 Å². The molecule has 0 aliphatic rings. The third-order valence-corrected chi connectivity index (χ3v) is 2.71. The van der Waals surface area contributed by atoms with Crippen molar-refractivity contribution in [2.75, 3.05) is 0 Å². The molecule has 0 spiro atoms. The van der Waals surface area contributed by atoms with Crippen LogP contribution in [-0.2, 0) is 0 Å². The number of carbonyl (C=O) groups is 1. The fraction of sp³-hybridized carbons (Fsp3) is 0.0909. The van der Waals surface area contributed by atoms with Gasteiger partial charge in [0.2, 0.25) is 0 Å². The summed E-state index contributed by atoms with van der Waals surface area (Å²) in [5.41, 5.74) is 3.97. The van der Waals surface area contributed by atoms with E-state index < -0.39 is 0 Å². The van der Waals surface area contributed by atoms with E-state index in [1.165, 1.54) is 11.3 Å². The molecule has 1 aromatic carbocycles. The van der Waals surface area contributed by atoms with Gasteiger partial charge >= 0.3 is 0 Å². The SMILES string of the molecule is C=C(C)NC(=O)c1ccc2ncsc2c1. The fourth-order valence-electron chi connectivity index (χ4n) is 1.26. The maximum atomic E-state index is 11.6. The summed E-state index contributed by atoms with van der Waals surface area (Å²) in [4.78, 5) is 15.8. The van der Waals surface area contributed by atoms with E-state index in [9.17, 15) is 4.79 Å². The third-order valence-electron chi connectivity index (χ3n) is 1.92. The minimum Gasteiger partial charge on any atom is -0.327 e. The van der Waals surface area contributed by atoms with Gasteiger partial charge in [0.15, 0.2) is 0 Å². The van der Waals surface area contributed by atoms with Gasteiger partial charge in [-0.15, -0.1) is 11.3 Å². The number of fused-ring (bicyclic) bond motifs is 1. The predicted molar refractivity (Wildman–Crippen MR) is 61.9 cm³/mol. The summed E-state index contributed by atoms with van der Waals surface area (Å²) in [6.07, 6.45) is 0. The van der Waals surface area contributed by atoms with Crippen molar-refractivity contribution in [3.05, 3.63) is 41.5 Å². The highest BCUT2D eigenvalue weighted by atomic mass is 32.1. The number of rotatable bonds is 2. The molecule has 0 saturated heterocycles. The van der Waals surface area contributed by atoms with E-state index in [1.54, 1.807) is 18.5 Å². The van der Waals surface area contributed by atoms with Gasteiger partial charge in [-0.05, 0) is 25.1 Å². The van der Waals surface area contributed by atoms with Gasteiger partial charge in [0, 0.05) is 11.3 Å². The molecule has 0 saturated carbocycles. The van der Waals surface area contributed by atoms with Gasteiger partial charge in [-0.2, -0.15) is 0 Å². The van der Waals surface area contributed by atoms with Crippen molar-refractivity contribution in [1.29, 1.82) is 0 Å². The number of amides is 1. The second-order valence-corrected chi connectivity index (χ2v) is 4.16. The Morgan fingerprint density at radius 1 is 1.53 bits per heavy atom. The second-order valence-electron chi connectivity index (χ2n) is 3.27. The van der Waals surface area contributed by atoms with Crippen molar-refractivity contribution < 1.29 is 4.79 Å². The lowest BCUT2D eigenvalue weighted by Crippen LogP contribution is -2.20. The van der Waals surface area contributed by atoms with Crippen molar-refractivity contribution in [1.82, 2.24) is 10.3 Å². The number of nitrogens with zero attached hydrogens (tertiary/aromatic N) is 1. The quantitative estimate of drug-likeness (QED) is 0.841. The van der Waals surface area contributed by atoms with Gasteiger partial charge in [0.25, 0.3) is 5.91 Å². The maximum Gasteiger partial charge on any atom is 0.255 e. The van der Waals surface area contributed by atoms with E-state index in [0.29, 0.717) is 11.3 Å². The van der Waals surface area contributed by atoms with Crippen LogP contribution >= 0.6 is 11.3 Å². The lowest BCUT2D eigenvalue weighted by molar-refractivity contribution is 0.0966. The molecule has 15 heavy (non-hydrogen) atoms. The first-order chi connectivity index (χ1) is 7.16. The summed E-state index contributed by atoms with van der Waals surface area (Å²) in [5, 5.41) is 2.67. The molecule has 0 aliphatic heterocycles. The molecule has 2 rings (SSSR count). The predicted octanol–water partition coefficient (Wildman–Crippen LogP) is 2.56. The number of nitrogens with one attached hydrogen (secondary N) is 1. The molecule has 3 nitrogen and oxygen atoms in total. The maximum absolute atomic E-state index is 11.6. The van der Waals surface area contributed by atoms with E-state index in [2.05, 4.69) is 16.9 Å². The standard InChI is InChI=1S/C11H10N2OS/c1-7(2)13-11(14)8-3-4-9-10(5-8)15-6-12-9/h3-6H,1H2,2H3,(H,13,14). The number of thiazole rings is 1. The van der Waals surface area contributed by atoms with Crippen LogP contribution in [-0.4, -0.2) is 10.9 Å². The lowest BCUT2D eigenvalue weighted by Gasteiger charge is -2.03. The Morgan fingerprint density at radius 2 is 2.33 bits per heavy atom. The molecule has 1 heterocycles. The molecule has 0 unspecified atom stereocenters. The highest BCUT2D eigenvalue weighted by Crippen LogP contribution is 2.18. The largest absolute Gasteiger partial charge is 0.327 e. The second kappa shape index (κ2) is 3.82. The first kappa shape index (κ1) is 9.86. The van der Waals surface area contributed by atoms with Crippen molar-refractivity contribution in [3.63, 3.8) is 0 Å². The number of allylic oxidation sites excluding steroid dienone is 1. The number of hydrogen-bond acceptors (Lipinski definition) is 3. The Bertz CT molecular complexity index is 530. The van der Waals surface area contributed by atoms with Crippen molar-refractivity contribution in [3.8, 4) is 0 Å². The van der Waals surface area contributed by atoms with Gasteiger partial charge < -0.3 is 5.32 Å². The van der Waals surface area contributed by atoms with E-state index in [-0.39, 0.29) is 5.91 Å². The Labute approximate surface area is 91.5 Å². The van der Waals surface area contributed by atoms with E-state index in [1.807, 2.05) is 12.1 Å². The first-order valence-corrected chi connectivity index (χ1v) is 5.35. The van der Waals surface area contributed by atoms with Crippen LogP contribution < -0.4 is 5.32 Å². The van der Waals surface area contributed by atoms with Crippen LogP contribution in [0.15, 0.2) is 36.0 Å². The highest BCUT2D eigenvalue weighted by Gasteiger charge is 2.06. The van der Waals surface area contributed by atoms with Crippen molar-refractivity contribution >= 4 is 27.5 Å². The van der Waals surface area contributed by atoms with Crippen molar-refractivity contribution in [2.45, 2.75) is 6.92 Å². The Morgan fingerprint density at radius 3 is 3.07 bits per heavy atom. The number of benzene rings is 1. The summed E-state index contributed by atoms with van der Waals surface area (Å²) in [6, 6.07) is 5.45. The van der Waals surface area contributed by atoms with Gasteiger partial charge in [0.05, 0.1) is 15.7 Å². The molecule has 0 bridgehead atoms. The molecule has 1 N–H and O–H groups in total. The first-order valence-electron chi connectivity index (χ1n) is 4.47. The van der Waals surface area contributed by atoms with Crippen LogP contribution in [0.4, 0.5) is 0 Å². The van der Waals surface area contributed by atoms with Gasteiger partial charge in [-0.25, -0.2) is 4.98 Å². The van der Waals surface area contributed by atoms with Crippen LogP contribution in [0.3, 0.4) is 0 Å². The van der Waals surface area contributed by atoms with Crippen LogP contribution in [0.25, 0.3) is 10.2 Å². The van der Waals surface area contributed by atoms with Crippen LogP contribution in [0.2, 0.25) is 0 Å². The summed E-state index contributed by atoms with van der Waals surface area (Å²) >= 11 is 1.52. The number of carbonyl (C=O) groups excluding carboxylic acids is 1. The Balaban J connectivity index is 2.35. The molecule has 76 valence electrons. The molecule has 1 amide bonds. The van der Waals surface area contributed by atoms with Gasteiger partial charge in [-0.1, -0.05) is 6.58 Å². The molecule has 0 aliphatic carbocycles. The van der Waals surface area contributed by atoms with Crippen LogP contribution in [0, 0.1) is 0 Å². The zero-order valence-electron chi connectivity index (χ0n) is 8.28. The average molecular weight is 218 g/mol. The molecule has 0 fully saturated rings. The van der Waals surface area contributed by atoms with Crippen LogP contribution in [0.5, 0.6) is 0 Å². The van der Waals surface area contributed by atoms with E-state index in [0.717, 1.165) is 10.2 Å². The molecular formula is C11H10N2OS. The third kappa shape index (κ3) is 2.05. The summed E-state index contributed by atoms with van der Waals surface area (Å²) in [6.45, 7) is 5.38. The van der Waals surface area contributed by atoms with E-state index >= 15 is 0 Å². The number of hydrogen-bond donors (Lipinski definition) is 1. The van der Waals surface area contributed by atoms with Gasteiger partial charge in [0.1, 0.15) is 0 Å². The lowest BCUT2D eigenvalue weighted by atomic mass is 10.2. The molecule has 0 atom stereocenters. The molecule has 2 aromatic rings. The smallest absolute Gasteiger partial charge is 0.255 e. The Kier molecular flexibility index (Phi) is 2.51. The molecular weight excluding hydrogens is 208 g/mol. The summed E-state index contributed by atoms with van der Waals surface area (Å²) in [5.74, 6) is -0.127. The monoisotopic (exact) mass is 218 g/mol. The summed E-state index contributed by atoms with van der Waals surface area (Å²) < 4.78 is 1.02. The molecule has 4 heteroatoms. The molecule has 0 radical (unpaired) electrons. The number of aromatic nitrogens is 1. The summed E-state index contributed by atoms with van der Waals surface area (Å²) in [7, 11) is 0.